The van der Waals surface area contributed by atoms with Crippen molar-refractivity contribution in [2.75, 3.05) is 6.61 Å². The number of aliphatic hydroxyl groups excluding tert-OH is 3. The molecule has 24 heavy (non-hydrogen) atoms. The van der Waals surface area contributed by atoms with Crippen LogP contribution in [0.2, 0.25) is 0 Å². The first-order valence-electron chi connectivity index (χ1n) is 10.0. The Labute approximate surface area is 146 Å². The van der Waals surface area contributed by atoms with Crippen molar-refractivity contribution in [3.05, 3.63) is 11.6 Å². The number of hydrogen-bond acceptors (Lipinski definition) is 3. The summed E-state index contributed by atoms with van der Waals surface area (Å²) in [5, 5.41) is 31.4. The second-order valence-electron chi connectivity index (χ2n) is 9.70. The number of rotatable bonds is 1. The van der Waals surface area contributed by atoms with Crippen molar-refractivity contribution in [3.63, 3.8) is 0 Å². The van der Waals surface area contributed by atoms with Crippen LogP contribution < -0.4 is 0 Å². The Morgan fingerprint density at radius 3 is 2.58 bits per heavy atom. The van der Waals surface area contributed by atoms with Crippen molar-refractivity contribution in [1.29, 1.82) is 0 Å². The maximum absolute atomic E-state index is 10.6. The van der Waals surface area contributed by atoms with Crippen molar-refractivity contribution < 1.29 is 15.3 Å². The van der Waals surface area contributed by atoms with E-state index in [1.165, 1.54) is 5.57 Å². The van der Waals surface area contributed by atoms with Gasteiger partial charge in [0.05, 0.1) is 18.8 Å². The Kier molecular flexibility index (Phi) is 3.95. The lowest BCUT2D eigenvalue weighted by Gasteiger charge is -2.62. The van der Waals surface area contributed by atoms with Crippen LogP contribution in [0.3, 0.4) is 0 Å². The Hall–Kier alpha value is -0.380. The van der Waals surface area contributed by atoms with Crippen LogP contribution in [0.15, 0.2) is 11.6 Å². The highest BCUT2D eigenvalue weighted by Crippen LogP contribution is 2.67. The zero-order valence-corrected chi connectivity index (χ0v) is 15.4. The summed E-state index contributed by atoms with van der Waals surface area (Å²) >= 11 is 0. The summed E-state index contributed by atoms with van der Waals surface area (Å²) in [5.41, 5.74) is 1.27. The lowest BCUT2D eigenvalue weighted by molar-refractivity contribution is -0.126. The minimum Gasteiger partial charge on any atom is -0.395 e. The molecule has 4 aliphatic rings. The number of hydrogen-bond donors (Lipinski definition) is 3. The van der Waals surface area contributed by atoms with Gasteiger partial charge in [0.15, 0.2) is 0 Å². The van der Waals surface area contributed by atoms with Gasteiger partial charge in [0.1, 0.15) is 0 Å². The summed E-state index contributed by atoms with van der Waals surface area (Å²) in [6, 6.07) is 0. The van der Waals surface area contributed by atoms with E-state index in [9.17, 15) is 15.3 Å². The van der Waals surface area contributed by atoms with E-state index in [0.29, 0.717) is 29.6 Å². The first-order valence-corrected chi connectivity index (χ1v) is 10.0. The molecule has 0 aromatic heterocycles. The predicted molar refractivity (Wildman–Crippen MR) is 94.2 cm³/mol. The molecule has 0 aromatic carbocycles. The molecule has 4 aliphatic carbocycles. The van der Waals surface area contributed by atoms with Gasteiger partial charge in [0.2, 0.25) is 0 Å². The van der Waals surface area contributed by atoms with Gasteiger partial charge in [-0.25, -0.2) is 0 Å². The van der Waals surface area contributed by atoms with E-state index in [0.717, 1.165) is 38.5 Å². The standard InChI is InChI=1S/C21H34O3/c1-12-8-14-10-15(23)9-13(2)21(14,11-22)17-6-7-20(3)16(19(12)17)4-5-18(20)24/h10,12-13,15-19,22-24H,4-9,11H2,1-3H3/t12-,13+,15+,16+,17+,18+,19+,20+,21+/m1/s1. The molecule has 0 aromatic rings. The fourth-order valence-electron chi connectivity index (χ4n) is 7.63. The van der Waals surface area contributed by atoms with Crippen molar-refractivity contribution in [3.8, 4) is 0 Å². The van der Waals surface area contributed by atoms with E-state index in [2.05, 4.69) is 26.8 Å². The van der Waals surface area contributed by atoms with Crippen molar-refractivity contribution >= 4 is 0 Å². The van der Waals surface area contributed by atoms with E-state index < -0.39 is 0 Å². The number of fused-ring (bicyclic) bond motifs is 5. The van der Waals surface area contributed by atoms with Gasteiger partial charge in [-0.1, -0.05) is 32.4 Å². The molecule has 0 heterocycles. The zero-order valence-electron chi connectivity index (χ0n) is 15.4. The Balaban J connectivity index is 1.78. The van der Waals surface area contributed by atoms with Crippen LogP contribution >= 0.6 is 0 Å². The summed E-state index contributed by atoms with van der Waals surface area (Å²) in [4.78, 5) is 0. The van der Waals surface area contributed by atoms with Gasteiger partial charge in [-0.2, -0.15) is 0 Å². The molecule has 0 aliphatic heterocycles. The zero-order chi connectivity index (χ0) is 17.3. The second-order valence-corrected chi connectivity index (χ2v) is 9.70. The molecule has 3 nitrogen and oxygen atoms in total. The Morgan fingerprint density at radius 1 is 1.12 bits per heavy atom. The topological polar surface area (TPSA) is 60.7 Å². The molecule has 0 bridgehead atoms. The lowest BCUT2D eigenvalue weighted by Crippen LogP contribution is -2.58. The molecule has 3 N–H and O–H groups in total. The van der Waals surface area contributed by atoms with Crippen LogP contribution in [0.1, 0.15) is 59.3 Å². The van der Waals surface area contributed by atoms with E-state index in [1.807, 2.05) is 0 Å². The van der Waals surface area contributed by atoms with Gasteiger partial charge in [-0.3, -0.25) is 0 Å². The highest BCUT2D eigenvalue weighted by molar-refractivity contribution is 5.29. The van der Waals surface area contributed by atoms with Gasteiger partial charge in [-0.05, 0) is 73.5 Å². The van der Waals surface area contributed by atoms with Crippen LogP contribution in [0.4, 0.5) is 0 Å². The molecule has 9 atom stereocenters. The largest absolute Gasteiger partial charge is 0.395 e. The van der Waals surface area contributed by atoms with E-state index in [1.54, 1.807) is 0 Å². The molecule has 0 unspecified atom stereocenters. The normalized spacial score (nSPS) is 56.9. The molecule has 4 rings (SSSR count). The average Bonchev–Trinajstić information content (AvgIpc) is 2.82. The summed E-state index contributed by atoms with van der Waals surface area (Å²) in [6.45, 7) is 7.12. The molecular weight excluding hydrogens is 300 g/mol. The molecule has 3 fully saturated rings. The van der Waals surface area contributed by atoms with Gasteiger partial charge >= 0.3 is 0 Å². The fourth-order valence-corrected chi connectivity index (χ4v) is 7.63. The molecule has 0 saturated heterocycles. The van der Waals surface area contributed by atoms with E-state index in [4.69, 9.17) is 0 Å². The number of aliphatic hydroxyl groups is 3. The van der Waals surface area contributed by atoms with Crippen molar-refractivity contribution in [1.82, 2.24) is 0 Å². The van der Waals surface area contributed by atoms with Crippen LogP contribution in [-0.4, -0.2) is 34.1 Å². The summed E-state index contributed by atoms with van der Waals surface area (Å²) in [6.07, 6.45) is 7.62. The summed E-state index contributed by atoms with van der Waals surface area (Å²) in [5.74, 6) is 2.60. The predicted octanol–water partition coefficient (Wildman–Crippen LogP) is 3.14. The molecule has 136 valence electrons. The highest BCUT2D eigenvalue weighted by atomic mass is 16.3. The first-order chi connectivity index (χ1) is 11.3. The van der Waals surface area contributed by atoms with Crippen LogP contribution in [0.5, 0.6) is 0 Å². The van der Waals surface area contributed by atoms with Gasteiger partial charge in [-0.15, -0.1) is 0 Å². The molecule has 3 saturated carbocycles. The minimum absolute atomic E-state index is 0.0741. The van der Waals surface area contributed by atoms with Crippen LogP contribution in [0.25, 0.3) is 0 Å². The second kappa shape index (κ2) is 5.56. The quantitative estimate of drug-likeness (QED) is 0.646. The molecular formula is C21H34O3. The molecule has 3 heteroatoms. The van der Waals surface area contributed by atoms with E-state index in [-0.39, 0.29) is 29.6 Å². The van der Waals surface area contributed by atoms with E-state index >= 15 is 0 Å². The SMILES string of the molecule is C[C@@H]1CC2=C[C@@H](O)C[C@H](C)[C@]2(CO)[C@H]2CC[C@]3(C)[C@@H](O)CC[C@H]3[C@H]12. The monoisotopic (exact) mass is 334 g/mol. The van der Waals surface area contributed by atoms with Crippen LogP contribution in [0, 0.1) is 40.4 Å². The summed E-state index contributed by atoms with van der Waals surface area (Å²) in [7, 11) is 0. The first kappa shape index (κ1) is 17.1. The van der Waals surface area contributed by atoms with Gasteiger partial charge < -0.3 is 15.3 Å². The maximum Gasteiger partial charge on any atom is 0.0726 e. The third-order valence-electron chi connectivity index (χ3n) is 8.87. The smallest absolute Gasteiger partial charge is 0.0726 e. The molecule has 0 spiro atoms. The molecule has 0 radical (unpaired) electrons. The van der Waals surface area contributed by atoms with Crippen molar-refractivity contribution in [2.45, 2.75) is 71.5 Å². The van der Waals surface area contributed by atoms with Crippen molar-refractivity contribution in [2.24, 2.45) is 40.4 Å². The van der Waals surface area contributed by atoms with Gasteiger partial charge in [0.25, 0.3) is 0 Å². The van der Waals surface area contributed by atoms with Crippen LogP contribution in [-0.2, 0) is 0 Å². The minimum atomic E-state index is -0.347. The lowest BCUT2D eigenvalue weighted by atomic mass is 9.43. The maximum atomic E-state index is 10.6. The van der Waals surface area contributed by atoms with Gasteiger partial charge in [0, 0.05) is 5.41 Å². The molecule has 0 amide bonds. The Morgan fingerprint density at radius 2 is 1.88 bits per heavy atom. The third-order valence-corrected chi connectivity index (χ3v) is 8.87. The fraction of sp³-hybridized carbons (Fsp3) is 0.905. The summed E-state index contributed by atoms with van der Waals surface area (Å²) < 4.78 is 0. The Bertz CT molecular complexity index is 543. The third kappa shape index (κ3) is 2.01. The average molecular weight is 334 g/mol. The highest BCUT2D eigenvalue weighted by Gasteiger charge is 2.62.